The summed E-state index contributed by atoms with van der Waals surface area (Å²) < 4.78 is 5.40. The van der Waals surface area contributed by atoms with Gasteiger partial charge in [-0.25, -0.2) is 9.59 Å². The van der Waals surface area contributed by atoms with E-state index in [1.54, 1.807) is 25.1 Å². The predicted octanol–water partition coefficient (Wildman–Crippen LogP) is 3.76. The number of hydrogen-bond acceptors (Lipinski definition) is 5. The van der Waals surface area contributed by atoms with Crippen LogP contribution < -0.4 is 11.0 Å². The van der Waals surface area contributed by atoms with Crippen LogP contribution in [0.25, 0.3) is 11.0 Å². The van der Waals surface area contributed by atoms with E-state index in [9.17, 15) is 14.4 Å². The van der Waals surface area contributed by atoms with Gasteiger partial charge in [0.1, 0.15) is 4.88 Å². The zero-order valence-corrected chi connectivity index (χ0v) is 17.0. The Hall–Kier alpha value is -2.87. The molecular formula is C21H23N3O4S. The fourth-order valence-electron chi connectivity index (χ4n) is 3.57. The van der Waals surface area contributed by atoms with Crippen molar-refractivity contribution in [2.45, 2.75) is 51.6 Å². The molecule has 0 bridgehead atoms. The van der Waals surface area contributed by atoms with Crippen molar-refractivity contribution in [3.63, 3.8) is 0 Å². The molecule has 0 unspecified atom stereocenters. The first-order valence-corrected chi connectivity index (χ1v) is 10.7. The van der Waals surface area contributed by atoms with Crippen LogP contribution >= 0.6 is 11.3 Å². The maximum Gasteiger partial charge on any atom is 0.349 e. The minimum atomic E-state index is -0.937. The van der Waals surface area contributed by atoms with E-state index >= 15 is 0 Å². The van der Waals surface area contributed by atoms with Crippen LogP contribution in [0.4, 0.5) is 5.69 Å². The minimum Gasteiger partial charge on any atom is -0.448 e. The summed E-state index contributed by atoms with van der Waals surface area (Å²) in [6.07, 6.45) is 5.83. The average Bonchev–Trinajstić information content (AvgIpc) is 3.23. The molecule has 4 rings (SSSR count). The molecule has 152 valence electrons. The van der Waals surface area contributed by atoms with Gasteiger partial charge in [-0.1, -0.05) is 12.8 Å². The Morgan fingerprint density at radius 3 is 2.66 bits per heavy atom. The lowest BCUT2D eigenvalue weighted by atomic mass is 10.00. The van der Waals surface area contributed by atoms with Crippen molar-refractivity contribution in [3.05, 3.63) is 50.1 Å². The van der Waals surface area contributed by atoms with Crippen LogP contribution in [0.2, 0.25) is 0 Å². The highest BCUT2D eigenvalue weighted by atomic mass is 32.1. The second-order valence-corrected chi connectivity index (χ2v) is 8.49. The number of aromatic amines is 2. The Morgan fingerprint density at radius 1 is 1.07 bits per heavy atom. The second kappa shape index (κ2) is 8.24. The Morgan fingerprint density at radius 2 is 1.83 bits per heavy atom. The van der Waals surface area contributed by atoms with E-state index in [0.717, 1.165) is 25.7 Å². The molecule has 29 heavy (non-hydrogen) atoms. The predicted molar refractivity (Wildman–Crippen MR) is 113 cm³/mol. The van der Waals surface area contributed by atoms with Crippen molar-refractivity contribution in [1.29, 1.82) is 0 Å². The van der Waals surface area contributed by atoms with Crippen molar-refractivity contribution < 1.29 is 14.3 Å². The van der Waals surface area contributed by atoms with Crippen molar-refractivity contribution >= 4 is 39.9 Å². The third-order valence-corrected chi connectivity index (χ3v) is 6.35. The molecule has 0 saturated heterocycles. The molecule has 8 heteroatoms. The number of thiophene rings is 1. The number of carbonyl (C=O) groups is 2. The van der Waals surface area contributed by atoms with Gasteiger partial charge in [0.2, 0.25) is 0 Å². The number of imidazole rings is 1. The zero-order valence-electron chi connectivity index (χ0n) is 16.2. The number of fused-ring (bicyclic) bond motifs is 2. The molecule has 0 radical (unpaired) electrons. The molecule has 3 N–H and O–H groups in total. The van der Waals surface area contributed by atoms with E-state index in [1.165, 1.54) is 34.6 Å². The SMILES string of the molecule is C[C@@H](OC(=O)c1cc2c(s1)CCCCCC2)C(=O)Nc1ccc2[nH]c(=O)[nH]c2c1. The number of aromatic nitrogens is 2. The van der Waals surface area contributed by atoms with Gasteiger partial charge in [-0.05, 0) is 62.4 Å². The zero-order chi connectivity index (χ0) is 20.4. The number of benzene rings is 1. The molecule has 0 spiro atoms. The van der Waals surface area contributed by atoms with E-state index in [-0.39, 0.29) is 5.69 Å². The minimum absolute atomic E-state index is 0.309. The van der Waals surface area contributed by atoms with Crippen LogP contribution in [-0.4, -0.2) is 27.9 Å². The first kappa shape index (κ1) is 19.4. The largest absolute Gasteiger partial charge is 0.448 e. The summed E-state index contributed by atoms with van der Waals surface area (Å²) in [5.74, 6) is -0.889. The van der Waals surface area contributed by atoms with E-state index in [4.69, 9.17) is 4.74 Å². The molecule has 7 nitrogen and oxygen atoms in total. The van der Waals surface area contributed by atoms with Gasteiger partial charge >= 0.3 is 11.7 Å². The van der Waals surface area contributed by atoms with Gasteiger partial charge in [-0.2, -0.15) is 0 Å². The maximum atomic E-state index is 12.5. The first-order chi connectivity index (χ1) is 14.0. The summed E-state index contributed by atoms with van der Waals surface area (Å²) >= 11 is 1.48. The fourth-order valence-corrected chi connectivity index (χ4v) is 4.71. The maximum absolute atomic E-state index is 12.5. The molecule has 0 saturated carbocycles. The number of rotatable bonds is 4. The molecule has 1 aliphatic rings. The third-order valence-electron chi connectivity index (χ3n) is 5.13. The number of carbonyl (C=O) groups excluding carboxylic acids is 2. The van der Waals surface area contributed by atoms with E-state index in [1.807, 2.05) is 6.07 Å². The Labute approximate surface area is 171 Å². The van der Waals surface area contributed by atoms with Crippen LogP contribution in [0.3, 0.4) is 0 Å². The molecule has 1 aromatic carbocycles. The van der Waals surface area contributed by atoms with Crippen molar-refractivity contribution in [3.8, 4) is 0 Å². The summed E-state index contributed by atoms with van der Waals surface area (Å²) in [5, 5.41) is 2.72. The Kier molecular flexibility index (Phi) is 5.53. The van der Waals surface area contributed by atoms with Gasteiger partial charge in [-0.3, -0.25) is 4.79 Å². The van der Waals surface area contributed by atoms with Crippen LogP contribution in [0, 0.1) is 0 Å². The highest BCUT2D eigenvalue weighted by Gasteiger charge is 2.22. The number of anilines is 1. The van der Waals surface area contributed by atoms with Crippen LogP contribution in [0.5, 0.6) is 0 Å². The van der Waals surface area contributed by atoms with E-state index in [0.29, 0.717) is 21.6 Å². The standard InChI is InChI=1S/C21H23N3O4S/c1-12(19(25)22-14-8-9-15-16(11-14)24-21(27)23-15)28-20(26)18-10-13-6-4-2-3-5-7-17(13)29-18/h8-12H,2-7H2,1H3,(H,22,25)(H2,23,24,27)/t12-/m1/s1. The lowest BCUT2D eigenvalue weighted by Gasteiger charge is -2.13. The molecule has 3 aromatic rings. The summed E-state index contributed by atoms with van der Waals surface area (Å²) in [5.41, 5.74) is 2.69. The number of amides is 1. The smallest absolute Gasteiger partial charge is 0.349 e. The van der Waals surface area contributed by atoms with Gasteiger partial charge in [0.05, 0.1) is 11.0 Å². The van der Waals surface area contributed by atoms with Gasteiger partial charge < -0.3 is 20.0 Å². The molecule has 1 amide bonds. The number of aryl methyl sites for hydroxylation is 2. The van der Waals surface area contributed by atoms with Gasteiger partial charge in [-0.15, -0.1) is 11.3 Å². The Balaban J connectivity index is 1.40. The van der Waals surface area contributed by atoms with Crippen molar-refractivity contribution in [2.24, 2.45) is 0 Å². The van der Waals surface area contributed by atoms with Crippen LogP contribution in [-0.2, 0) is 22.4 Å². The summed E-state index contributed by atoms with van der Waals surface area (Å²) in [6.45, 7) is 1.55. The molecule has 2 heterocycles. The average molecular weight is 413 g/mol. The lowest BCUT2D eigenvalue weighted by molar-refractivity contribution is -0.123. The summed E-state index contributed by atoms with van der Waals surface area (Å²) in [4.78, 5) is 43.4. The third kappa shape index (κ3) is 4.42. The summed E-state index contributed by atoms with van der Waals surface area (Å²) in [7, 11) is 0. The number of ether oxygens (including phenoxy) is 1. The Bertz CT molecular complexity index is 1090. The highest BCUT2D eigenvalue weighted by Crippen LogP contribution is 2.29. The molecular weight excluding hydrogens is 390 g/mol. The van der Waals surface area contributed by atoms with Crippen LogP contribution in [0.15, 0.2) is 29.1 Å². The number of H-pyrrole nitrogens is 2. The quantitative estimate of drug-likeness (QED) is 0.567. The van der Waals surface area contributed by atoms with Gasteiger partial charge in [0, 0.05) is 10.6 Å². The van der Waals surface area contributed by atoms with Gasteiger partial charge in [0.15, 0.2) is 6.10 Å². The number of hydrogen-bond donors (Lipinski definition) is 3. The van der Waals surface area contributed by atoms with E-state index < -0.39 is 18.0 Å². The number of nitrogens with one attached hydrogen (secondary N) is 3. The van der Waals surface area contributed by atoms with Gasteiger partial charge in [0.25, 0.3) is 5.91 Å². The molecule has 1 aliphatic carbocycles. The monoisotopic (exact) mass is 413 g/mol. The van der Waals surface area contributed by atoms with E-state index in [2.05, 4.69) is 15.3 Å². The molecule has 2 aromatic heterocycles. The highest BCUT2D eigenvalue weighted by molar-refractivity contribution is 7.14. The normalized spacial score (nSPS) is 15.2. The van der Waals surface area contributed by atoms with Crippen molar-refractivity contribution in [2.75, 3.05) is 5.32 Å². The lowest BCUT2D eigenvalue weighted by Crippen LogP contribution is -2.29. The van der Waals surface area contributed by atoms with Crippen molar-refractivity contribution in [1.82, 2.24) is 9.97 Å². The molecule has 0 fully saturated rings. The second-order valence-electron chi connectivity index (χ2n) is 7.35. The molecule has 1 atom stereocenters. The summed E-state index contributed by atoms with van der Waals surface area (Å²) in [6, 6.07) is 6.95. The molecule has 0 aliphatic heterocycles. The first-order valence-electron chi connectivity index (χ1n) is 9.85. The van der Waals surface area contributed by atoms with Crippen LogP contribution in [0.1, 0.15) is 52.7 Å². The fraction of sp³-hybridized carbons (Fsp3) is 0.381. The topological polar surface area (TPSA) is 104 Å². The number of esters is 1.